The predicted octanol–water partition coefficient (Wildman–Crippen LogP) is 3.61. The van der Waals surface area contributed by atoms with Gasteiger partial charge >= 0.3 is 5.97 Å². The molecule has 0 aliphatic rings. The second kappa shape index (κ2) is 9.51. The van der Waals surface area contributed by atoms with E-state index in [1.165, 1.54) is 6.92 Å². The molecular weight excluding hydrogens is 384 g/mol. The normalized spacial score (nSPS) is 11.4. The number of esters is 1. The number of hydrogen-bond donors (Lipinski definition) is 3. The Labute approximate surface area is 173 Å². The Kier molecular flexibility index (Phi) is 6.59. The second-order valence-electron chi connectivity index (χ2n) is 6.57. The molecule has 0 radical (unpaired) electrons. The first kappa shape index (κ1) is 20.8. The van der Waals surface area contributed by atoms with Gasteiger partial charge in [0.1, 0.15) is 5.82 Å². The van der Waals surface area contributed by atoms with E-state index in [4.69, 9.17) is 4.74 Å². The summed E-state index contributed by atoms with van der Waals surface area (Å²) in [5.74, 6) is -0.485. The topological polar surface area (TPSA) is 113 Å². The predicted molar refractivity (Wildman–Crippen MR) is 113 cm³/mol. The number of H-pyrrole nitrogens is 1. The van der Waals surface area contributed by atoms with Crippen molar-refractivity contribution >= 4 is 29.2 Å². The minimum Gasteiger partial charge on any atom is -0.449 e. The molecule has 1 unspecified atom stereocenters. The van der Waals surface area contributed by atoms with Gasteiger partial charge in [-0.3, -0.25) is 9.59 Å². The van der Waals surface area contributed by atoms with E-state index in [0.717, 1.165) is 5.56 Å². The number of nitrogens with zero attached hydrogens (tertiary/aromatic N) is 1. The molecule has 1 heterocycles. The van der Waals surface area contributed by atoms with Gasteiger partial charge in [-0.2, -0.15) is 0 Å². The highest BCUT2D eigenvalue weighted by molar-refractivity contribution is 5.98. The van der Waals surface area contributed by atoms with Gasteiger partial charge in [0.05, 0.1) is 5.56 Å². The molecule has 8 heteroatoms. The van der Waals surface area contributed by atoms with Crippen LogP contribution in [0.2, 0.25) is 0 Å². The van der Waals surface area contributed by atoms with Gasteiger partial charge in [0.2, 0.25) is 5.91 Å². The molecule has 1 atom stereocenters. The Morgan fingerprint density at radius 3 is 2.17 bits per heavy atom. The van der Waals surface area contributed by atoms with E-state index in [1.807, 2.05) is 0 Å². The molecule has 2 amide bonds. The minimum absolute atomic E-state index is 0.179. The number of imidazole rings is 1. The van der Waals surface area contributed by atoms with Crippen molar-refractivity contribution in [2.24, 2.45) is 0 Å². The van der Waals surface area contributed by atoms with Crippen molar-refractivity contribution in [1.82, 2.24) is 9.97 Å². The van der Waals surface area contributed by atoms with Gasteiger partial charge in [0, 0.05) is 36.3 Å². The molecule has 0 aliphatic carbocycles. The lowest BCUT2D eigenvalue weighted by Crippen LogP contribution is -2.32. The number of rotatable bonds is 7. The molecule has 154 valence electrons. The average Bonchev–Trinajstić information content (AvgIpc) is 3.28. The standard InChI is InChI=1S/C22H22N4O4/c1-3-19(21(28)26-18-10-8-17(9-11-18)25-14(2)27)30-22(29)16-6-4-15(5-7-16)20-23-12-13-24-20/h4-13,19H,3H2,1-2H3,(H,23,24)(H,25,27)(H,26,28). The van der Waals surface area contributed by atoms with Crippen molar-refractivity contribution < 1.29 is 19.1 Å². The SMILES string of the molecule is CCC(OC(=O)c1ccc(-c2ncc[nH]2)cc1)C(=O)Nc1ccc(NC(C)=O)cc1. The van der Waals surface area contributed by atoms with E-state index in [-0.39, 0.29) is 5.91 Å². The van der Waals surface area contributed by atoms with Crippen LogP contribution in [0, 0.1) is 0 Å². The average molecular weight is 406 g/mol. The summed E-state index contributed by atoms with van der Waals surface area (Å²) in [6, 6.07) is 13.4. The van der Waals surface area contributed by atoms with Gasteiger partial charge in [-0.15, -0.1) is 0 Å². The molecule has 0 fully saturated rings. The zero-order chi connectivity index (χ0) is 21.5. The van der Waals surface area contributed by atoms with Crippen molar-refractivity contribution in [3.63, 3.8) is 0 Å². The number of amides is 2. The maximum atomic E-state index is 12.5. The van der Waals surface area contributed by atoms with E-state index in [1.54, 1.807) is 67.8 Å². The summed E-state index contributed by atoms with van der Waals surface area (Å²) in [7, 11) is 0. The molecule has 30 heavy (non-hydrogen) atoms. The largest absolute Gasteiger partial charge is 0.449 e. The summed E-state index contributed by atoms with van der Waals surface area (Å²) in [4.78, 5) is 43.2. The monoisotopic (exact) mass is 406 g/mol. The fraction of sp³-hybridized carbons (Fsp3) is 0.182. The summed E-state index contributed by atoms with van der Waals surface area (Å²) >= 11 is 0. The van der Waals surface area contributed by atoms with Crippen LogP contribution in [-0.4, -0.2) is 33.9 Å². The number of benzene rings is 2. The van der Waals surface area contributed by atoms with Crippen molar-refractivity contribution in [2.75, 3.05) is 10.6 Å². The molecule has 8 nitrogen and oxygen atoms in total. The third kappa shape index (κ3) is 5.32. The Balaban J connectivity index is 1.60. The quantitative estimate of drug-likeness (QED) is 0.519. The summed E-state index contributed by atoms with van der Waals surface area (Å²) in [5.41, 5.74) is 2.34. The number of carbonyl (C=O) groups excluding carboxylic acids is 3. The summed E-state index contributed by atoms with van der Waals surface area (Å²) in [5, 5.41) is 5.37. The molecule has 3 aromatic rings. The summed E-state index contributed by atoms with van der Waals surface area (Å²) in [6.45, 7) is 3.18. The van der Waals surface area contributed by atoms with Crippen LogP contribution >= 0.6 is 0 Å². The lowest BCUT2D eigenvalue weighted by atomic mass is 10.1. The Morgan fingerprint density at radius 1 is 1.00 bits per heavy atom. The van der Waals surface area contributed by atoms with Crippen LogP contribution in [-0.2, 0) is 14.3 Å². The Bertz CT molecular complexity index is 1010. The summed E-state index contributed by atoms with van der Waals surface area (Å²) < 4.78 is 5.40. The van der Waals surface area contributed by atoms with E-state index in [2.05, 4.69) is 20.6 Å². The van der Waals surface area contributed by atoms with E-state index < -0.39 is 18.0 Å². The first-order chi connectivity index (χ1) is 14.5. The highest BCUT2D eigenvalue weighted by Crippen LogP contribution is 2.17. The maximum absolute atomic E-state index is 12.5. The van der Waals surface area contributed by atoms with E-state index >= 15 is 0 Å². The van der Waals surface area contributed by atoms with E-state index in [0.29, 0.717) is 29.2 Å². The zero-order valence-electron chi connectivity index (χ0n) is 16.6. The summed E-state index contributed by atoms with van der Waals surface area (Å²) in [6.07, 6.45) is 2.76. The lowest BCUT2D eigenvalue weighted by molar-refractivity contribution is -0.124. The van der Waals surface area contributed by atoms with Crippen LogP contribution in [0.1, 0.15) is 30.6 Å². The van der Waals surface area contributed by atoms with Gasteiger partial charge in [-0.25, -0.2) is 9.78 Å². The van der Waals surface area contributed by atoms with Crippen LogP contribution in [0.4, 0.5) is 11.4 Å². The van der Waals surface area contributed by atoms with Crippen molar-refractivity contribution in [1.29, 1.82) is 0 Å². The van der Waals surface area contributed by atoms with Crippen molar-refractivity contribution in [2.45, 2.75) is 26.4 Å². The number of hydrogen-bond acceptors (Lipinski definition) is 5. The third-order valence-corrected chi connectivity index (χ3v) is 4.28. The highest BCUT2D eigenvalue weighted by Gasteiger charge is 2.22. The molecular formula is C22H22N4O4. The molecule has 3 rings (SSSR count). The highest BCUT2D eigenvalue weighted by atomic mass is 16.5. The minimum atomic E-state index is -0.933. The van der Waals surface area contributed by atoms with E-state index in [9.17, 15) is 14.4 Å². The molecule has 0 saturated carbocycles. The van der Waals surface area contributed by atoms with Gasteiger partial charge in [-0.1, -0.05) is 19.1 Å². The van der Waals surface area contributed by atoms with Crippen LogP contribution in [0.5, 0.6) is 0 Å². The number of nitrogens with one attached hydrogen (secondary N) is 3. The van der Waals surface area contributed by atoms with Crippen molar-refractivity contribution in [3.05, 3.63) is 66.5 Å². The molecule has 2 aromatic carbocycles. The zero-order valence-corrected chi connectivity index (χ0v) is 16.6. The van der Waals surface area contributed by atoms with Gasteiger partial charge in [0.25, 0.3) is 5.91 Å². The van der Waals surface area contributed by atoms with Crippen LogP contribution in [0.3, 0.4) is 0 Å². The molecule has 0 spiro atoms. The van der Waals surface area contributed by atoms with Crippen molar-refractivity contribution in [3.8, 4) is 11.4 Å². The van der Waals surface area contributed by atoms with Crippen LogP contribution in [0.25, 0.3) is 11.4 Å². The van der Waals surface area contributed by atoms with Gasteiger partial charge < -0.3 is 20.4 Å². The lowest BCUT2D eigenvalue weighted by Gasteiger charge is -2.16. The molecule has 0 saturated heterocycles. The number of aromatic amines is 1. The second-order valence-corrected chi connectivity index (χ2v) is 6.57. The van der Waals surface area contributed by atoms with Gasteiger partial charge in [-0.05, 0) is 42.8 Å². The molecule has 1 aromatic heterocycles. The molecule has 0 aliphatic heterocycles. The van der Waals surface area contributed by atoms with Crippen LogP contribution in [0.15, 0.2) is 60.9 Å². The number of ether oxygens (including phenoxy) is 1. The number of carbonyl (C=O) groups is 3. The third-order valence-electron chi connectivity index (χ3n) is 4.28. The molecule has 0 bridgehead atoms. The Morgan fingerprint density at radius 2 is 1.63 bits per heavy atom. The van der Waals surface area contributed by atoms with Gasteiger partial charge in [0.15, 0.2) is 6.10 Å². The molecule has 3 N–H and O–H groups in total. The smallest absolute Gasteiger partial charge is 0.338 e. The Hall–Kier alpha value is -3.94. The first-order valence-corrected chi connectivity index (χ1v) is 9.45. The fourth-order valence-corrected chi connectivity index (χ4v) is 2.77. The van der Waals surface area contributed by atoms with Crippen LogP contribution < -0.4 is 10.6 Å². The maximum Gasteiger partial charge on any atom is 0.338 e. The fourth-order valence-electron chi connectivity index (χ4n) is 2.77. The number of aromatic nitrogens is 2. The first-order valence-electron chi connectivity index (χ1n) is 9.45. The number of anilines is 2.